The van der Waals surface area contributed by atoms with Crippen molar-refractivity contribution in [1.82, 2.24) is 15.3 Å². The van der Waals surface area contributed by atoms with E-state index in [1.54, 1.807) is 18.4 Å². The highest BCUT2D eigenvalue weighted by Gasteiger charge is 2.17. The normalized spacial score (nSPS) is 11.1. The van der Waals surface area contributed by atoms with Gasteiger partial charge in [0.25, 0.3) is 0 Å². The molecule has 3 aromatic rings. The number of aromatic nitrogens is 2. The smallest absolute Gasteiger partial charge is 0.139 e. The lowest BCUT2D eigenvalue weighted by molar-refractivity contribution is 0.415. The van der Waals surface area contributed by atoms with Crippen LogP contribution in [0.4, 0.5) is 5.82 Å². The molecular formula is C20H25ClN4OS. The summed E-state index contributed by atoms with van der Waals surface area (Å²) in [6.45, 7) is 5.75. The molecule has 2 heterocycles. The molecule has 3 rings (SSSR count). The number of fused-ring (bicyclic) bond motifs is 1. The molecule has 0 radical (unpaired) electrons. The zero-order chi connectivity index (χ0) is 19.4. The maximum atomic E-state index is 6.26. The van der Waals surface area contributed by atoms with Gasteiger partial charge >= 0.3 is 0 Å². The average molecular weight is 405 g/mol. The molecule has 5 nitrogen and oxygen atoms in total. The van der Waals surface area contributed by atoms with E-state index in [1.807, 2.05) is 25.2 Å². The Bertz CT molecular complexity index is 941. The second kappa shape index (κ2) is 8.87. The van der Waals surface area contributed by atoms with E-state index >= 15 is 0 Å². The van der Waals surface area contributed by atoms with Crippen molar-refractivity contribution in [1.29, 1.82) is 0 Å². The quantitative estimate of drug-likeness (QED) is 0.564. The van der Waals surface area contributed by atoms with Crippen LogP contribution >= 0.6 is 22.9 Å². The number of nitrogens with zero attached hydrogens (tertiary/aromatic N) is 2. The van der Waals surface area contributed by atoms with Crippen LogP contribution in [0.25, 0.3) is 10.2 Å². The molecule has 0 spiro atoms. The topological polar surface area (TPSA) is 59.1 Å². The summed E-state index contributed by atoms with van der Waals surface area (Å²) in [6.07, 6.45) is 1.76. The Morgan fingerprint density at radius 2 is 1.96 bits per heavy atom. The molecule has 0 unspecified atom stereocenters. The van der Waals surface area contributed by atoms with Crippen LogP contribution in [0.5, 0.6) is 5.75 Å². The Morgan fingerprint density at radius 3 is 2.59 bits per heavy atom. The van der Waals surface area contributed by atoms with Gasteiger partial charge in [0.15, 0.2) is 0 Å². The first-order valence-corrected chi connectivity index (χ1v) is 10.3. The number of methoxy groups -OCH3 is 1. The summed E-state index contributed by atoms with van der Waals surface area (Å²) in [4.78, 5) is 11.9. The van der Waals surface area contributed by atoms with Gasteiger partial charge in [0.1, 0.15) is 22.2 Å². The van der Waals surface area contributed by atoms with Gasteiger partial charge in [-0.3, -0.25) is 0 Å². The molecule has 0 saturated carbocycles. The van der Waals surface area contributed by atoms with E-state index < -0.39 is 0 Å². The first kappa shape index (κ1) is 19.9. The Hall–Kier alpha value is -1.89. The summed E-state index contributed by atoms with van der Waals surface area (Å²) in [5.74, 6) is 2.44. The van der Waals surface area contributed by atoms with E-state index in [0.717, 1.165) is 46.8 Å². The zero-order valence-corrected chi connectivity index (χ0v) is 17.7. The molecule has 0 saturated heterocycles. The van der Waals surface area contributed by atoms with Gasteiger partial charge in [0, 0.05) is 24.4 Å². The number of hydrogen-bond acceptors (Lipinski definition) is 6. The summed E-state index contributed by atoms with van der Waals surface area (Å²) >= 11 is 8.01. The lowest BCUT2D eigenvalue weighted by Gasteiger charge is -2.11. The van der Waals surface area contributed by atoms with Crippen molar-refractivity contribution in [3.05, 3.63) is 45.1 Å². The van der Waals surface area contributed by atoms with Gasteiger partial charge in [0.05, 0.1) is 17.5 Å². The first-order valence-electron chi connectivity index (χ1n) is 9.13. The largest absolute Gasteiger partial charge is 0.495 e. The SMILES string of the molecule is CCc1nc(NCc2ccc(OC)c(Cl)c2)c2c(CC)c(CNC)sc2n1. The third kappa shape index (κ3) is 4.18. The minimum Gasteiger partial charge on any atom is -0.495 e. The summed E-state index contributed by atoms with van der Waals surface area (Å²) in [7, 11) is 3.59. The third-order valence-corrected chi connectivity index (χ3v) is 5.88. The summed E-state index contributed by atoms with van der Waals surface area (Å²) in [5, 5.41) is 8.52. The molecule has 0 aliphatic heterocycles. The number of aryl methyl sites for hydroxylation is 2. The second-order valence-corrected chi connectivity index (χ2v) is 7.72. The van der Waals surface area contributed by atoms with Crippen molar-refractivity contribution in [3.63, 3.8) is 0 Å². The molecule has 2 aromatic heterocycles. The van der Waals surface area contributed by atoms with Crippen LogP contribution in [-0.4, -0.2) is 24.1 Å². The van der Waals surface area contributed by atoms with Crippen LogP contribution < -0.4 is 15.4 Å². The highest BCUT2D eigenvalue weighted by molar-refractivity contribution is 7.18. The van der Waals surface area contributed by atoms with Crippen molar-refractivity contribution in [2.75, 3.05) is 19.5 Å². The van der Waals surface area contributed by atoms with Gasteiger partial charge in [-0.25, -0.2) is 9.97 Å². The monoisotopic (exact) mass is 404 g/mol. The fraction of sp³-hybridized carbons (Fsp3) is 0.400. The number of benzene rings is 1. The average Bonchev–Trinajstić information content (AvgIpc) is 3.03. The molecule has 0 atom stereocenters. The van der Waals surface area contributed by atoms with Crippen LogP contribution in [0.2, 0.25) is 5.02 Å². The number of ether oxygens (including phenoxy) is 1. The number of thiophene rings is 1. The molecule has 144 valence electrons. The second-order valence-electron chi connectivity index (χ2n) is 6.23. The van der Waals surface area contributed by atoms with E-state index in [0.29, 0.717) is 17.3 Å². The van der Waals surface area contributed by atoms with Gasteiger partial charge < -0.3 is 15.4 Å². The number of anilines is 1. The van der Waals surface area contributed by atoms with Crippen LogP contribution in [-0.2, 0) is 25.9 Å². The van der Waals surface area contributed by atoms with Crippen LogP contribution in [0.15, 0.2) is 18.2 Å². The molecule has 0 bridgehead atoms. The van der Waals surface area contributed by atoms with Crippen LogP contribution in [0, 0.1) is 0 Å². The van der Waals surface area contributed by atoms with E-state index in [1.165, 1.54) is 10.4 Å². The molecule has 0 aliphatic carbocycles. The van der Waals surface area contributed by atoms with Crippen molar-refractivity contribution in [2.24, 2.45) is 0 Å². The van der Waals surface area contributed by atoms with Crippen molar-refractivity contribution in [2.45, 2.75) is 39.8 Å². The molecule has 2 N–H and O–H groups in total. The summed E-state index contributed by atoms with van der Waals surface area (Å²) < 4.78 is 5.23. The molecule has 1 aromatic carbocycles. The van der Waals surface area contributed by atoms with Crippen molar-refractivity contribution >= 4 is 39.0 Å². The van der Waals surface area contributed by atoms with E-state index in [2.05, 4.69) is 24.5 Å². The first-order chi connectivity index (χ1) is 13.1. The molecule has 7 heteroatoms. The summed E-state index contributed by atoms with van der Waals surface area (Å²) in [5.41, 5.74) is 2.40. The highest BCUT2D eigenvalue weighted by Crippen LogP contribution is 2.35. The molecular weight excluding hydrogens is 380 g/mol. The number of halogens is 1. The predicted octanol–water partition coefficient (Wildman–Crippen LogP) is 4.81. The number of hydrogen-bond donors (Lipinski definition) is 2. The number of nitrogens with one attached hydrogen (secondary N) is 2. The lowest BCUT2D eigenvalue weighted by Crippen LogP contribution is -2.07. The van der Waals surface area contributed by atoms with Gasteiger partial charge in [0.2, 0.25) is 0 Å². The molecule has 0 fully saturated rings. The van der Waals surface area contributed by atoms with E-state index in [-0.39, 0.29) is 0 Å². The molecule has 0 aliphatic rings. The van der Waals surface area contributed by atoms with Crippen molar-refractivity contribution in [3.8, 4) is 5.75 Å². The Labute approximate surface area is 169 Å². The fourth-order valence-electron chi connectivity index (χ4n) is 3.12. The van der Waals surface area contributed by atoms with Gasteiger partial charge in [-0.1, -0.05) is 31.5 Å². The maximum Gasteiger partial charge on any atom is 0.139 e. The lowest BCUT2D eigenvalue weighted by atomic mass is 10.1. The van der Waals surface area contributed by atoms with E-state index in [4.69, 9.17) is 26.3 Å². The zero-order valence-electron chi connectivity index (χ0n) is 16.1. The van der Waals surface area contributed by atoms with Crippen LogP contribution in [0.3, 0.4) is 0 Å². The predicted molar refractivity (Wildman–Crippen MR) is 114 cm³/mol. The van der Waals surface area contributed by atoms with E-state index in [9.17, 15) is 0 Å². The Kier molecular flexibility index (Phi) is 6.52. The fourth-order valence-corrected chi connectivity index (χ4v) is 4.69. The minimum atomic E-state index is 0.611. The van der Waals surface area contributed by atoms with Gasteiger partial charge in [-0.2, -0.15) is 0 Å². The molecule has 0 amide bonds. The standard InChI is InChI=1S/C20H25ClN4OS/c1-5-13-16(11-22-3)27-20-18(13)19(24-17(6-2)25-20)23-10-12-7-8-15(26-4)14(21)9-12/h7-9,22H,5-6,10-11H2,1-4H3,(H,23,24,25). The van der Waals surface area contributed by atoms with Crippen molar-refractivity contribution < 1.29 is 4.74 Å². The summed E-state index contributed by atoms with van der Waals surface area (Å²) in [6, 6.07) is 5.82. The Morgan fingerprint density at radius 1 is 1.15 bits per heavy atom. The minimum absolute atomic E-state index is 0.611. The van der Waals surface area contributed by atoms with Gasteiger partial charge in [-0.15, -0.1) is 11.3 Å². The third-order valence-electron chi connectivity index (χ3n) is 4.46. The molecule has 27 heavy (non-hydrogen) atoms. The maximum absolute atomic E-state index is 6.26. The Balaban J connectivity index is 1.97. The van der Waals surface area contributed by atoms with Gasteiger partial charge in [-0.05, 0) is 36.7 Å². The number of rotatable bonds is 8. The highest BCUT2D eigenvalue weighted by atomic mass is 35.5. The van der Waals surface area contributed by atoms with Crippen LogP contribution in [0.1, 0.15) is 35.7 Å².